The molecule has 0 saturated carbocycles. The highest BCUT2D eigenvalue weighted by Gasteiger charge is 2.25. The van der Waals surface area contributed by atoms with Crippen LogP contribution in [0, 0.1) is 6.92 Å². The van der Waals surface area contributed by atoms with E-state index in [1.807, 2.05) is 51.0 Å². The number of ether oxygens (including phenoxy) is 1. The van der Waals surface area contributed by atoms with Crippen molar-refractivity contribution < 1.29 is 9.15 Å². The largest absolute Gasteiger partial charge is 0.465 e. The van der Waals surface area contributed by atoms with E-state index in [1.54, 1.807) is 0 Å². The lowest BCUT2D eigenvalue weighted by Crippen LogP contribution is -2.41. The van der Waals surface area contributed by atoms with E-state index in [9.17, 15) is 0 Å². The lowest BCUT2D eigenvalue weighted by atomic mass is 10.1. The summed E-state index contributed by atoms with van der Waals surface area (Å²) in [6, 6.07) is 4.24. The fourth-order valence-electron chi connectivity index (χ4n) is 2.76. The summed E-state index contributed by atoms with van der Waals surface area (Å²) >= 11 is 0. The Morgan fingerprint density at radius 2 is 1.78 bits per heavy atom. The smallest absolute Gasteiger partial charge is 0.195 e. The van der Waals surface area contributed by atoms with Crippen molar-refractivity contribution >= 4 is 29.9 Å². The van der Waals surface area contributed by atoms with E-state index in [-0.39, 0.29) is 30.0 Å². The molecule has 0 aliphatic carbocycles. The molecule has 7 heteroatoms. The third-order valence-corrected chi connectivity index (χ3v) is 3.78. The number of aliphatic imine (C=N–C) groups is 1. The van der Waals surface area contributed by atoms with Gasteiger partial charge in [-0.1, -0.05) is 0 Å². The predicted molar refractivity (Wildman–Crippen MR) is 104 cm³/mol. The predicted octanol–water partition coefficient (Wildman–Crippen LogP) is 2.06. The number of rotatable bonds is 4. The molecule has 0 N–H and O–H groups in total. The minimum absolute atomic E-state index is 0. The summed E-state index contributed by atoms with van der Waals surface area (Å²) in [5, 5.41) is 0. The fourth-order valence-corrected chi connectivity index (χ4v) is 2.76. The van der Waals surface area contributed by atoms with Crippen molar-refractivity contribution in [2.75, 3.05) is 61.0 Å². The molecule has 1 fully saturated rings. The van der Waals surface area contributed by atoms with Gasteiger partial charge in [0.2, 0.25) is 0 Å². The molecule has 1 saturated heterocycles. The molecule has 0 aromatic carbocycles. The second-order valence-electron chi connectivity index (χ2n) is 6.04. The molecule has 1 aromatic heterocycles. The first-order chi connectivity index (χ1) is 10.5. The van der Waals surface area contributed by atoms with Crippen molar-refractivity contribution in [2.45, 2.75) is 13.0 Å². The molecule has 0 amide bonds. The zero-order chi connectivity index (χ0) is 16.1. The number of hydrogen-bond donors (Lipinski definition) is 0. The molecule has 6 nitrogen and oxygen atoms in total. The van der Waals surface area contributed by atoms with Gasteiger partial charge < -0.3 is 19.0 Å². The Kier molecular flexibility index (Phi) is 8.35. The molecule has 2 rings (SSSR count). The van der Waals surface area contributed by atoms with Crippen LogP contribution in [0.4, 0.5) is 0 Å². The van der Waals surface area contributed by atoms with Gasteiger partial charge in [-0.25, -0.2) is 0 Å². The molecule has 0 bridgehead atoms. The van der Waals surface area contributed by atoms with Crippen LogP contribution in [-0.2, 0) is 4.74 Å². The maximum absolute atomic E-state index is 5.87. The van der Waals surface area contributed by atoms with Crippen LogP contribution in [0.2, 0.25) is 0 Å². The van der Waals surface area contributed by atoms with E-state index >= 15 is 0 Å². The molecule has 0 radical (unpaired) electrons. The zero-order valence-corrected chi connectivity index (χ0v) is 17.1. The highest BCUT2D eigenvalue weighted by Crippen LogP contribution is 2.24. The Bertz CT molecular complexity index is 486. The van der Waals surface area contributed by atoms with Crippen molar-refractivity contribution in [3.8, 4) is 0 Å². The van der Waals surface area contributed by atoms with Gasteiger partial charge in [0.25, 0.3) is 0 Å². The van der Waals surface area contributed by atoms with Gasteiger partial charge in [-0.05, 0) is 19.1 Å². The average Bonchev–Trinajstić information content (AvgIpc) is 2.90. The van der Waals surface area contributed by atoms with E-state index in [1.165, 1.54) is 0 Å². The van der Waals surface area contributed by atoms with Gasteiger partial charge in [0.15, 0.2) is 5.96 Å². The van der Waals surface area contributed by atoms with E-state index in [2.05, 4.69) is 11.0 Å². The number of guanidine groups is 1. The number of nitrogens with zero attached hydrogens (tertiary/aromatic N) is 4. The Morgan fingerprint density at radius 3 is 2.26 bits per heavy atom. The third kappa shape index (κ3) is 5.65. The van der Waals surface area contributed by atoms with Crippen molar-refractivity contribution in [1.82, 2.24) is 14.7 Å². The van der Waals surface area contributed by atoms with Gasteiger partial charge in [-0.3, -0.25) is 9.89 Å². The summed E-state index contributed by atoms with van der Waals surface area (Å²) in [6.07, 6.45) is 0. The van der Waals surface area contributed by atoms with Crippen molar-refractivity contribution in [2.24, 2.45) is 4.99 Å². The SMILES string of the molecule is Cc1ccc(C(CN=C(N(C)C)N(C)C)N2CCOCC2)o1.I. The molecule has 1 atom stereocenters. The highest BCUT2D eigenvalue weighted by atomic mass is 127. The van der Waals surface area contributed by atoms with Crippen LogP contribution in [0.15, 0.2) is 21.5 Å². The fraction of sp³-hybridized carbons (Fsp3) is 0.688. The Balaban J connectivity index is 0.00000264. The third-order valence-electron chi connectivity index (χ3n) is 3.78. The number of hydrogen-bond acceptors (Lipinski definition) is 4. The molecule has 1 aromatic rings. The lowest BCUT2D eigenvalue weighted by molar-refractivity contribution is 0.0134. The van der Waals surface area contributed by atoms with Crippen LogP contribution < -0.4 is 0 Å². The normalized spacial score (nSPS) is 16.4. The summed E-state index contributed by atoms with van der Waals surface area (Å²) in [5.41, 5.74) is 0. The lowest BCUT2D eigenvalue weighted by Gasteiger charge is -2.33. The Labute approximate surface area is 156 Å². The van der Waals surface area contributed by atoms with Crippen molar-refractivity contribution in [3.63, 3.8) is 0 Å². The van der Waals surface area contributed by atoms with Gasteiger partial charge >= 0.3 is 0 Å². The summed E-state index contributed by atoms with van der Waals surface area (Å²) in [6.45, 7) is 6.04. The quantitative estimate of drug-likeness (QED) is 0.411. The van der Waals surface area contributed by atoms with Gasteiger partial charge in [-0.2, -0.15) is 0 Å². The van der Waals surface area contributed by atoms with Gasteiger partial charge in [-0.15, -0.1) is 24.0 Å². The Hall–Kier alpha value is -0.800. The number of morpholine rings is 1. The van der Waals surface area contributed by atoms with Crippen LogP contribution >= 0.6 is 24.0 Å². The first kappa shape index (κ1) is 20.2. The topological polar surface area (TPSA) is 44.5 Å². The molecule has 1 aliphatic rings. The number of halogens is 1. The van der Waals surface area contributed by atoms with Gasteiger partial charge in [0.05, 0.1) is 25.8 Å². The summed E-state index contributed by atoms with van der Waals surface area (Å²) in [4.78, 5) is 11.3. The van der Waals surface area contributed by atoms with E-state index in [0.717, 1.165) is 43.8 Å². The zero-order valence-electron chi connectivity index (χ0n) is 14.8. The Morgan fingerprint density at radius 1 is 1.17 bits per heavy atom. The monoisotopic (exact) mass is 436 g/mol. The number of aryl methyl sites for hydroxylation is 1. The first-order valence-electron chi connectivity index (χ1n) is 7.76. The summed E-state index contributed by atoms with van der Waals surface area (Å²) in [7, 11) is 8.05. The summed E-state index contributed by atoms with van der Waals surface area (Å²) < 4.78 is 11.3. The maximum atomic E-state index is 5.87. The van der Waals surface area contributed by atoms with Crippen molar-refractivity contribution in [3.05, 3.63) is 23.7 Å². The maximum Gasteiger partial charge on any atom is 0.195 e. The molecule has 0 spiro atoms. The molecular formula is C16H29IN4O2. The number of furan rings is 1. The van der Waals surface area contributed by atoms with Crippen LogP contribution in [0.3, 0.4) is 0 Å². The molecular weight excluding hydrogens is 407 g/mol. The highest BCUT2D eigenvalue weighted by molar-refractivity contribution is 14.0. The molecule has 2 heterocycles. The van der Waals surface area contributed by atoms with E-state index < -0.39 is 0 Å². The van der Waals surface area contributed by atoms with Crippen LogP contribution in [0.5, 0.6) is 0 Å². The first-order valence-corrected chi connectivity index (χ1v) is 7.76. The molecule has 132 valence electrons. The second kappa shape index (κ2) is 9.48. The van der Waals surface area contributed by atoms with Crippen LogP contribution in [0.25, 0.3) is 0 Å². The molecule has 1 aliphatic heterocycles. The summed E-state index contributed by atoms with van der Waals surface area (Å²) in [5.74, 6) is 2.89. The van der Waals surface area contributed by atoms with Gasteiger partial charge in [0, 0.05) is 41.3 Å². The van der Waals surface area contributed by atoms with Crippen LogP contribution in [0.1, 0.15) is 17.6 Å². The minimum atomic E-state index is 0. The van der Waals surface area contributed by atoms with Crippen molar-refractivity contribution in [1.29, 1.82) is 0 Å². The standard InChI is InChI=1S/C16H28N4O2.HI/c1-13-6-7-15(22-13)14(20-8-10-21-11-9-20)12-17-16(18(2)3)19(4)5;/h6-7,14H,8-12H2,1-5H3;1H. The average molecular weight is 436 g/mol. The molecule has 1 unspecified atom stereocenters. The van der Waals surface area contributed by atoms with E-state index in [4.69, 9.17) is 14.1 Å². The van der Waals surface area contributed by atoms with Gasteiger partial charge in [0.1, 0.15) is 11.5 Å². The minimum Gasteiger partial charge on any atom is -0.465 e. The molecule has 23 heavy (non-hydrogen) atoms. The second-order valence-corrected chi connectivity index (χ2v) is 6.04. The van der Waals surface area contributed by atoms with Crippen LogP contribution in [-0.4, -0.2) is 81.7 Å². The van der Waals surface area contributed by atoms with E-state index in [0.29, 0.717) is 6.54 Å².